The summed E-state index contributed by atoms with van der Waals surface area (Å²) in [5.41, 5.74) is 4.82. The van der Waals surface area contributed by atoms with Crippen molar-refractivity contribution < 1.29 is 4.74 Å². The molecule has 0 aliphatic carbocycles. The van der Waals surface area contributed by atoms with E-state index in [4.69, 9.17) is 16.3 Å². The maximum atomic E-state index is 6.00. The molecular formula is C17H20ClNO. The van der Waals surface area contributed by atoms with Crippen LogP contribution in [0.3, 0.4) is 0 Å². The summed E-state index contributed by atoms with van der Waals surface area (Å²) in [4.78, 5) is 2.18. The zero-order valence-corrected chi connectivity index (χ0v) is 12.9. The van der Waals surface area contributed by atoms with Crippen molar-refractivity contribution in [2.75, 3.05) is 32.2 Å². The van der Waals surface area contributed by atoms with Crippen LogP contribution >= 0.6 is 11.6 Å². The van der Waals surface area contributed by atoms with Crippen LogP contribution in [-0.2, 0) is 4.74 Å². The van der Waals surface area contributed by atoms with E-state index in [-0.39, 0.29) is 0 Å². The van der Waals surface area contributed by atoms with Crippen molar-refractivity contribution in [3.63, 3.8) is 0 Å². The molecule has 0 saturated carbocycles. The Morgan fingerprint density at radius 3 is 2.40 bits per heavy atom. The number of ether oxygens (including phenoxy) is 1. The van der Waals surface area contributed by atoms with Gasteiger partial charge in [-0.1, -0.05) is 29.8 Å². The molecule has 0 aliphatic rings. The summed E-state index contributed by atoms with van der Waals surface area (Å²) in [6.07, 6.45) is 0. The molecular weight excluding hydrogens is 270 g/mol. The van der Waals surface area contributed by atoms with Crippen LogP contribution in [0.25, 0.3) is 11.1 Å². The topological polar surface area (TPSA) is 12.5 Å². The van der Waals surface area contributed by atoms with E-state index in [1.54, 1.807) is 7.11 Å². The second kappa shape index (κ2) is 6.78. The molecule has 0 amide bonds. The van der Waals surface area contributed by atoms with Crippen LogP contribution in [0.2, 0.25) is 5.02 Å². The fourth-order valence-electron chi connectivity index (χ4n) is 2.20. The number of rotatable bonds is 5. The van der Waals surface area contributed by atoms with Crippen LogP contribution in [0.1, 0.15) is 5.56 Å². The van der Waals surface area contributed by atoms with Crippen LogP contribution in [0.4, 0.5) is 5.69 Å². The maximum absolute atomic E-state index is 6.00. The summed E-state index contributed by atoms with van der Waals surface area (Å²) >= 11 is 6.00. The van der Waals surface area contributed by atoms with E-state index in [0.29, 0.717) is 0 Å². The Hall–Kier alpha value is -1.51. The van der Waals surface area contributed by atoms with E-state index in [9.17, 15) is 0 Å². The molecule has 0 spiro atoms. The van der Waals surface area contributed by atoms with Gasteiger partial charge in [-0.3, -0.25) is 0 Å². The third-order valence-electron chi connectivity index (χ3n) is 3.44. The lowest BCUT2D eigenvalue weighted by Gasteiger charge is -2.19. The van der Waals surface area contributed by atoms with E-state index < -0.39 is 0 Å². The van der Waals surface area contributed by atoms with Crippen molar-refractivity contribution in [3.05, 3.63) is 53.1 Å². The zero-order chi connectivity index (χ0) is 14.5. The summed E-state index contributed by atoms with van der Waals surface area (Å²) in [6.45, 7) is 3.70. The highest BCUT2D eigenvalue weighted by atomic mass is 35.5. The van der Waals surface area contributed by atoms with Crippen molar-refractivity contribution in [2.24, 2.45) is 0 Å². The third-order valence-corrected chi connectivity index (χ3v) is 3.67. The molecule has 106 valence electrons. The molecule has 3 heteroatoms. The second-order valence-corrected chi connectivity index (χ2v) is 5.36. The molecule has 2 rings (SSSR count). The molecule has 0 fully saturated rings. The van der Waals surface area contributed by atoms with Crippen LogP contribution < -0.4 is 4.90 Å². The van der Waals surface area contributed by atoms with E-state index in [1.807, 2.05) is 12.1 Å². The fraction of sp³-hybridized carbons (Fsp3) is 0.294. The molecule has 0 radical (unpaired) electrons. The SMILES string of the molecule is COCCN(C)c1ccc(-c2ccc(Cl)cc2C)cc1. The van der Waals surface area contributed by atoms with Gasteiger partial charge in [0.2, 0.25) is 0 Å². The first-order valence-corrected chi connectivity index (χ1v) is 7.06. The Morgan fingerprint density at radius 2 is 1.80 bits per heavy atom. The van der Waals surface area contributed by atoms with E-state index in [0.717, 1.165) is 18.2 Å². The molecule has 20 heavy (non-hydrogen) atoms. The lowest BCUT2D eigenvalue weighted by molar-refractivity contribution is 0.206. The molecule has 2 aromatic rings. The molecule has 0 N–H and O–H groups in total. The Labute approximate surface area is 125 Å². The monoisotopic (exact) mass is 289 g/mol. The number of benzene rings is 2. The Balaban J connectivity index is 2.19. The van der Waals surface area contributed by atoms with Gasteiger partial charge >= 0.3 is 0 Å². The number of hydrogen-bond acceptors (Lipinski definition) is 2. The second-order valence-electron chi connectivity index (χ2n) is 4.92. The van der Waals surface area contributed by atoms with E-state index in [2.05, 4.69) is 49.2 Å². The Bertz CT molecular complexity index is 566. The van der Waals surface area contributed by atoms with Gasteiger partial charge in [0.15, 0.2) is 0 Å². The number of anilines is 1. The summed E-state index contributed by atoms with van der Waals surface area (Å²) in [6, 6.07) is 14.6. The summed E-state index contributed by atoms with van der Waals surface area (Å²) in [5.74, 6) is 0. The van der Waals surface area contributed by atoms with E-state index in [1.165, 1.54) is 22.4 Å². The van der Waals surface area contributed by atoms with Crippen LogP contribution in [0, 0.1) is 6.92 Å². The molecule has 2 nitrogen and oxygen atoms in total. The van der Waals surface area contributed by atoms with Crippen LogP contribution in [0.5, 0.6) is 0 Å². The smallest absolute Gasteiger partial charge is 0.0637 e. The van der Waals surface area contributed by atoms with Crippen LogP contribution in [-0.4, -0.2) is 27.3 Å². The normalized spacial score (nSPS) is 10.6. The Morgan fingerprint density at radius 1 is 1.10 bits per heavy atom. The molecule has 2 aromatic carbocycles. The first kappa shape index (κ1) is 14.9. The summed E-state index contributed by atoms with van der Waals surface area (Å²) in [5, 5.41) is 0.780. The largest absolute Gasteiger partial charge is 0.383 e. The number of methoxy groups -OCH3 is 1. The quantitative estimate of drug-likeness (QED) is 0.809. The fourth-order valence-corrected chi connectivity index (χ4v) is 2.43. The van der Waals surface area contributed by atoms with Crippen molar-refractivity contribution in [3.8, 4) is 11.1 Å². The molecule has 0 atom stereocenters. The standard InChI is InChI=1S/C17H20ClNO/c1-13-12-15(18)6-9-17(13)14-4-7-16(8-5-14)19(2)10-11-20-3/h4-9,12H,10-11H2,1-3H3. The molecule has 0 aliphatic heterocycles. The van der Waals surface area contributed by atoms with Crippen molar-refractivity contribution in [1.29, 1.82) is 0 Å². The van der Waals surface area contributed by atoms with Gasteiger partial charge < -0.3 is 9.64 Å². The average Bonchev–Trinajstić information content (AvgIpc) is 2.45. The number of nitrogens with zero attached hydrogens (tertiary/aromatic N) is 1. The van der Waals surface area contributed by atoms with Crippen molar-refractivity contribution >= 4 is 17.3 Å². The van der Waals surface area contributed by atoms with Gasteiger partial charge in [0.05, 0.1) is 6.61 Å². The molecule has 0 saturated heterocycles. The predicted molar refractivity (Wildman–Crippen MR) is 86.8 cm³/mol. The van der Waals surface area contributed by atoms with E-state index >= 15 is 0 Å². The van der Waals surface area contributed by atoms with Gasteiger partial charge in [-0.15, -0.1) is 0 Å². The lowest BCUT2D eigenvalue weighted by Crippen LogP contribution is -2.21. The minimum Gasteiger partial charge on any atom is -0.383 e. The maximum Gasteiger partial charge on any atom is 0.0637 e. The summed E-state index contributed by atoms with van der Waals surface area (Å²) < 4.78 is 5.10. The van der Waals surface area contributed by atoms with Gasteiger partial charge in [0.25, 0.3) is 0 Å². The van der Waals surface area contributed by atoms with Gasteiger partial charge in [-0.2, -0.15) is 0 Å². The molecule has 0 heterocycles. The average molecular weight is 290 g/mol. The number of halogens is 1. The molecule has 0 aromatic heterocycles. The summed E-state index contributed by atoms with van der Waals surface area (Å²) in [7, 11) is 3.79. The Kier molecular flexibility index (Phi) is 5.05. The highest BCUT2D eigenvalue weighted by Crippen LogP contribution is 2.27. The molecule has 0 unspecified atom stereocenters. The highest BCUT2D eigenvalue weighted by molar-refractivity contribution is 6.30. The highest BCUT2D eigenvalue weighted by Gasteiger charge is 2.04. The van der Waals surface area contributed by atoms with Crippen LogP contribution in [0.15, 0.2) is 42.5 Å². The predicted octanol–water partition coefficient (Wildman–Crippen LogP) is 4.40. The number of hydrogen-bond donors (Lipinski definition) is 0. The number of aryl methyl sites for hydroxylation is 1. The van der Waals surface area contributed by atoms with Gasteiger partial charge in [-0.25, -0.2) is 0 Å². The zero-order valence-electron chi connectivity index (χ0n) is 12.2. The third kappa shape index (κ3) is 3.53. The first-order chi connectivity index (χ1) is 9.61. The molecule has 0 bridgehead atoms. The van der Waals surface area contributed by atoms with Gasteiger partial charge in [-0.05, 0) is 47.9 Å². The van der Waals surface area contributed by atoms with Crippen molar-refractivity contribution in [1.82, 2.24) is 0 Å². The minimum absolute atomic E-state index is 0.731. The lowest BCUT2D eigenvalue weighted by atomic mass is 10.0. The number of likely N-dealkylation sites (N-methyl/N-ethyl adjacent to an activating group) is 1. The van der Waals surface area contributed by atoms with Gasteiger partial charge in [0.1, 0.15) is 0 Å². The minimum atomic E-state index is 0.731. The van der Waals surface area contributed by atoms with Crippen molar-refractivity contribution in [2.45, 2.75) is 6.92 Å². The van der Waals surface area contributed by atoms with Gasteiger partial charge in [0, 0.05) is 31.4 Å². The first-order valence-electron chi connectivity index (χ1n) is 6.68.